The molecule has 0 aromatic heterocycles. The third-order valence-electron chi connectivity index (χ3n) is 5.84. The Morgan fingerprint density at radius 1 is 0.622 bits per heavy atom. The first-order chi connectivity index (χ1) is 18.1. The van der Waals surface area contributed by atoms with Gasteiger partial charge in [-0.05, 0) is 71.6 Å². The summed E-state index contributed by atoms with van der Waals surface area (Å²) in [7, 11) is 0. The number of benzene rings is 4. The van der Waals surface area contributed by atoms with Crippen molar-refractivity contribution in [2.24, 2.45) is 0 Å². The number of carbonyl (C=O) groups excluding carboxylic acids is 2. The van der Waals surface area contributed by atoms with E-state index in [0.29, 0.717) is 16.9 Å². The zero-order valence-corrected chi connectivity index (χ0v) is 20.9. The maximum Gasteiger partial charge on any atom is 0.343 e. The molecule has 0 atom stereocenters. The fourth-order valence-electron chi connectivity index (χ4n) is 3.72. The van der Waals surface area contributed by atoms with Crippen molar-refractivity contribution in [1.29, 1.82) is 0 Å². The number of ether oxygens (including phenoxy) is 3. The van der Waals surface area contributed by atoms with E-state index in [4.69, 9.17) is 14.2 Å². The lowest BCUT2D eigenvalue weighted by atomic mass is 10.0. The Morgan fingerprint density at radius 2 is 1.19 bits per heavy atom. The first kappa shape index (κ1) is 25.7. The molecule has 0 amide bonds. The minimum atomic E-state index is -0.471. The van der Waals surface area contributed by atoms with Crippen molar-refractivity contribution in [3.63, 3.8) is 0 Å². The van der Waals surface area contributed by atoms with Crippen LogP contribution in [0, 0.1) is 0 Å². The van der Waals surface area contributed by atoms with Crippen LogP contribution >= 0.6 is 0 Å². The third kappa shape index (κ3) is 7.55. The minimum Gasteiger partial charge on any atom is -0.494 e. The smallest absolute Gasteiger partial charge is 0.343 e. The molecule has 0 unspecified atom stereocenters. The quantitative estimate of drug-likeness (QED) is 0.123. The zero-order chi connectivity index (χ0) is 25.9. The molecule has 0 heterocycles. The van der Waals surface area contributed by atoms with E-state index in [9.17, 15) is 9.59 Å². The summed E-state index contributed by atoms with van der Waals surface area (Å²) in [5.74, 6) is 0.300. The highest BCUT2D eigenvalue weighted by molar-refractivity contribution is 5.92. The van der Waals surface area contributed by atoms with Crippen molar-refractivity contribution in [2.75, 3.05) is 6.61 Å². The molecular formula is C32H30O5. The number of rotatable bonds is 11. The molecule has 4 aromatic carbocycles. The van der Waals surface area contributed by atoms with Crippen molar-refractivity contribution in [3.05, 3.63) is 120 Å². The second kappa shape index (κ2) is 13.1. The number of hydrogen-bond acceptors (Lipinski definition) is 5. The molecule has 0 saturated heterocycles. The van der Waals surface area contributed by atoms with Gasteiger partial charge in [0.05, 0.1) is 17.7 Å². The van der Waals surface area contributed by atoms with Crippen LogP contribution < -0.4 is 9.47 Å². The van der Waals surface area contributed by atoms with E-state index in [1.54, 1.807) is 36.4 Å². The lowest BCUT2D eigenvalue weighted by Gasteiger charge is -2.09. The maximum absolute atomic E-state index is 12.6. The normalized spacial score (nSPS) is 10.5. The molecule has 0 aliphatic carbocycles. The predicted octanol–water partition coefficient (Wildman–Crippen LogP) is 7.50. The largest absolute Gasteiger partial charge is 0.494 e. The van der Waals surface area contributed by atoms with Crippen LogP contribution in [0.2, 0.25) is 0 Å². The second-order valence-electron chi connectivity index (χ2n) is 8.63. The summed E-state index contributed by atoms with van der Waals surface area (Å²) in [5.41, 5.74) is 3.77. The van der Waals surface area contributed by atoms with Crippen LogP contribution in [0.15, 0.2) is 103 Å². The molecule has 0 N–H and O–H groups in total. The van der Waals surface area contributed by atoms with E-state index >= 15 is 0 Å². The molecule has 0 aliphatic heterocycles. The molecule has 0 spiro atoms. The van der Waals surface area contributed by atoms with Crippen molar-refractivity contribution in [1.82, 2.24) is 0 Å². The molecule has 0 radical (unpaired) electrons. The summed E-state index contributed by atoms with van der Waals surface area (Å²) in [6, 6.07) is 31.0. The van der Waals surface area contributed by atoms with Gasteiger partial charge in [-0.25, -0.2) is 9.59 Å². The van der Waals surface area contributed by atoms with Gasteiger partial charge in [-0.1, -0.05) is 74.4 Å². The predicted molar refractivity (Wildman–Crippen MR) is 144 cm³/mol. The average molecular weight is 495 g/mol. The molecule has 5 nitrogen and oxygen atoms in total. The van der Waals surface area contributed by atoms with Gasteiger partial charge in [-0.15, -0.1) is 0 Å². The highest BCUT2D eigenvalue weighted by atomic mass is 16.5. The first-order valence-electron chi connectivity index (χ1n) is 12.5. The van der Waals surface area contributed by atoms with E-state index in [1.807, 2.05) is 66.7 Å². The molecule has 37 heavy (non-hydrogen) atoms. The minimum absolute atomic E-state index is 0.198. The highest BCUT2D eigenvalue weighted by Crippen LogP contribution is 2.24. The van der Waals surface area contributed by atoms with Crippen molar-refractivity contribution in [2.45, 2.75) is 32.8 Å². The van der Waals surface area contributed by atoms with Crippen LogP contribution in [0.1, 0.15) is 52.5 Å². The monoisotopic (exact) mass is 494 g/mol. The molecule has 0 aliphatic rings. The van der Waals surface area contributed by atoms with Gasteiger partial charge in [-0.3, -0.25) is 0 Å². The summed E-state index contributed by atoms with van der Waals surface area (Å²) in [6.45, 7) is 3.10. The summed E-state index contributed by atoms with van der Waals surface area (Å²) >= 11 is 0. The Bertz CT molecular complexity index is 1280. The number of carbonyl (C=O) groups is 2. The van der Waals surface area contributed by atoms with E-state index in [-0.39, 0.29) is 6.61 Å². The molecule has 5 heteroatoms. The molecule has 0 saturated carbocycles. The van der Waals surface area contributed by atoms with Gasteiger partial charge in [0.1, 0.15) is 18.1 Å². The molecule has 188 valence electrons. The van der Waals surface area contributed by atoms with Gasteiger partial charge >= 0.3 is 11.9 Å². The Morgan fingerprint density at radius 3 is 1.84 bits per heavy atom. The van der Waals surface area contributed by atoms with Gasteiger partial charge in [-0.2, -0.15) is 0 Å². The fraction of sp³-hybridized carbons (Fsp3) is 0.188. The summed E-state index contributed by atoms with van der Waals surface area (Å²) in [6.07, 6.45) is 3.40. The number of unbranched alkanes of at least 4 members (excludes halogenated alkanes) is 2. The first-order valence-corrected chi connectivity index (χ1v) is 12.5. The maximum atomic E-state index is 12.6. The Kier molecular flexibility index (Phi) is 9.08. The molecule has 4 aromatic rings. The van der Waals surface area contributed by atoms with Crippen LogP contribution in [0.4, 0.5) is 0 Å². The van der Waals surface area contributed by atoms with Crippen LogP contribution in [-0.2, 0) is 11.3 Å². The zero-order valence-electron chi connectivity index (χ0n) is 20.9. The summed E-state index contributed by atoms with van der Waals surface area (Å²) in [5, 5.41) is 0. The molecule has 0 bridgehead atoms. The molecule has 0 fully saturated rings. The second-order valence-corrected chi connectivity index (χ2v) is 8.63. The molecule has 4 rings (SSSR count). The summed E-state index contributed by atoms with van der Waals surface area (Å²) in [4.78, 5) is 24.9. The Balaban J connectivity index is 1.29. The SMILES string of the molecule is CCCCCOc1ccc(-c2ccc(C(=O)Oc3ccc(C(=O)OCc4ccccc4)cc3)cc2)cc1. The van der Waals surface area contributed by atoms with Crippen LogP contribution in [0.5, 0.6) is 11.5 Å². The van der Waals surface area contributed by atoms with Crippen LogP contribution in [0.3, 0.4) is 0 Å². The summed E-state index contributed by atoms with van der Waals surface area (Å²) < 4.78 is 16.6. The number of hydrogen-bond donors (Lipinski definition) is 0. The third-order valence-corrected chi connectivity index (χ3v) is 5.84. The lowest BCUT2D eigenvalue weighted by Crippen LogP contribution is -2.09. The topological polar surface area (TPSA) is 61.8 Å². The van der Waals surface area contributed by atoms with Gasteiger partial charge in [0, 0.05) is 0 Å². The molecular weight excluding hydrogens is 464 g/mol. The fourth-order valence-corrected chi connectivity index (χ4v) is 3.72. The average Bonchev–Trinajstić information content (AvgIpc) is 2.95. The Hall–Kier alpha value is -4.38. The van der Waals surface area contributed by atoms with E-state index in [2.05, 4.69) is 6.92 Å². The van der Waals surface area contributed by atoms with Crippen LogP contribution in [-0.4, -0.2) is 18.5 Å². The lowest BCUT2D eigenvalue weighted by molar-refractivity contribution is 0.0472. The van der Waals surface area contributed by atoms with E-state index in [1.165, 1.54) is 12.8 Å². The van der Waals surface area contributed by atoms with Crippen molar-refractivity contribution in [3.8, 4) is 22.6 Å². The van der Waals surface area contributed by atoms with Crippen LogP contribution in [0.25, 0.3) is 11.1 Å². The van der Waals surface area contributed by atoms with Gasteiger partial charge in [0.25, 0.3) is 0 Å². The standard InChI is InChI=1S/C32H30O5/c1-2-3-7-22-35-29-18-14-26(15-19-29)25-10-12-28(13-11-25)32(34)37-30-20-16-27(17-21-30)31(33)36-23-24-8-5-4-6-9-24/h4-6,8-21H,2-3,7,22-23H2,1H3. The Labute approximate surface area is 217 Å². The van der Waals surface area contributed by atoms with Crippen molar-refractivity contribution >= 4 is 11.9 Å². The number of esters is 2. The van der Waals surface area contributed by atoms with Crippen molar-refractivity contribution < 1.29 is 23.8 Å². The van der Waals surface area contributed by atoms with E-state index in [0.717, 1.165) is 35.5 Å². The van der Waals surface area contributed by atoms with Gasteiger partial charge < -0.3 is 14.2 Å². The van der Waals surface area contributed by atoms with Gasteiger partial charge in [0.2, 0.25) is 0 Å². The highest BCUT2D eigenvalue weighted by Gasteiger charge is 2.12. The van der Waals surface area contributed by atoms with Gasteiger partial charge in [0.15, 0.2) is 0 Å². The van der Waals surface area contributed by atoms with E-state index < -0.39 is 11.9 Å².